The van der Waals surface area contributed by atoms with Crippen LogP contribution in [0.1, 0.15) is 11.1 Å². The Labute approximate surface area is 227 Å². The number of thiocarbonyl (C=S) groups is 1. The number of carbonyl (C=O) groups is 1. The fourth-order valence-corrected chi connectivity index (χ4v) is 6.20. The summed E-state index contributed by atoms with van der Waals surface area (Å²) in [6.45, 7) is 1.52. The van der Waals surface area contributed by atoms with Gasteiger partial charge in [0.05, 0.1) is 15.5 Å². The highest BCUT2D eigenvalue weighted by atomic mass is 32.2. The quantitative estimate of drug-likeness (QED) is 0.0895. The van der Waals surface area contributed by atoms with E-state index in [0.29, 0.717) is 26.0 Å². The van der Waals surface area contributed by atoms with E-state index in [-0.39, 0.29) is 22.2 Å². The maximum atomic E-state index is 13.3. The molecule has 1 aliphatic rings. The minimum Gasteiger partial charge on any atom is -0.379 e. The molecule has 0 bridgehead atoms. The average molecular weight is 563 g/mol. The molecule has 8 nitrogen and oxygen atoms in total. The van der Waals surface area contributed by atoms with E-state index in [1.807, 2.05) is 42.5 Å². The minimum atomic E-state index is -4.30. The lowest BCUT2D eigenvalue weighted by Crippen LogP contribution is -2.27. The summed E-state index contributed by atoms with van der Waals surface area (Å²) < 4.78 is 30.9. The average Bonchev–Trinajstić information content (AvgIpc) is 3.16. The molecule has 0 aromatic heterocycles. The lowest BCUT2D eigenvalue weighted by molar-refractivity contribution is -0.385. The third kappa shape index (κ3) is 4.91. The van der Waals surface area contributed by atoms with Crippen molar-refractivity contribution in [1.29, 1.82) is 0 Å². The first-order valence-electron chi connectivity index (χ1n) is 11.2. The smallest absolute Gasteiger partial charge is 0.339 e. The van der Waals surface area contributed by atoms with Gasteiger partial charge in [-0.25, -0.2) is 0 Å². The highest BCUT2D eigenvalue weighted by Crippen LogP contribution is 2.39. The zero-order valence-electron chi connectivity index (χ0n) is 19.7. The predicted molar refractivity (Wildman–Crippen MR) is 152 cm³/mol. The van der Waals surface area contributed by atoms with Crippen molar-refractivity contribution in [3.05, 3.63) is 111 Å². The first-order chi connectivity index (χ1) is 18.1. The number of nitro groups is 1. The number of amides is 1. The number of hydrogen-bond acceptors (Lipinski definition) is 8. The SMILES string of the molecule is Cc1ccc(S(=O)(=O)Oc2ccc(/C=C3/SC(=S)N(c4cccc5ccccc45)C3=O)cc2)cc1[N+](=O)[O-]. The second-order valence-corrected chi connectivity index (χ2v) is 11.5. The van der Waals surface area contributed by atoms with E-state index in [4.69, 9.17) is 16.4 Å². The molecule has 1 aliphatic heterocycles. The van der Waals surface area contributed by atoms with Crippen molar-refractivity contribution in [3.8, 4) is 5.75 Å². The molecule has 1 heterocycles. The highest BCUT2D eigenvalue weighted by Gasteiger charge is 2.34. The van der Waals surface area contributed by atoms with Crippen molar-refractivity contribution in [1.82, 2.24) is 0 Å². The van der Waals surface area contributed by atoms with Gasteiger partial charge in [0.2, 0.25) is 0 Å². The van der Waals surface area contributed by atoms with E-state index in [0.717, 1.165) is 16.8 Å². The van der Waals surface area contributed by atoms with Crippen LogP contribution in [-0.2, 0) is 14.9 Å². The van der Waals surface area contributed by atoms with Crippen LogP contribution in [-0.4, -0.2) is 23.6 Å². The van der Waals surface area contributed by atoms with Gasteiger partial charge in [0.25, 0.3) is 11.6 Å². The molecule has 4 aromatic rings. The number of hydrogen-bond donors (Lipinski definition) is 0. The van der Waals surface area contributed by atoms with E-state index in [1.165, 1.54) is 47.9 Å². The second kappa shape index (κ2) is 10.0. The molecule has 1 fully saturated rings. The Balaban J connectivity index is 1.36. The molecule has 11 heteroatoms. The standard InChI is InChI=1S/C27H18N2O6S3/c1-17-9-14-21(16-24(17)29(31)32)38(33,34)35-20-12-10-18(11-13-20)15-25-26(30)28(27(36)37-25)23-8-4-6-19-5-2-3-7-22(19)23/h2-16H,1H3/b25-15+. The number of rotatable bonds is 6. The number of fused-ring (bicyclic) bond motifs is 1. The van der Waals surface area contributed by atoms with Gasteiger partial charge in [0.15, 0.2) is 4.32 Å². The summed E-state index contributed by atoms with van der Waals surface area (Å²) >= 11 is 6.70. The molecular weight excluding hydrogens is 545 g/mol. The van der Waals surface area contributed by atoms with Gasteiger partial charge >= 0.3 is 10.1 Å². The van der Waals surface area contributed by atoms with Crippen LogP contribution in [0.25, 0.3) is 16.8 Å². The van der Waals surface area contributed by atoms with Crippen molar-refractivity contribution < 1.29 is 22.3 Å². The molecule has 38 heavy (non-hydrogen) atoms. The first kappa shape index (κ1) is 25.6. The van der Waals surface area contributed by atoms with Crippen LogP contribution in [0.15, 0.2) is 94.7 Å². The summed E-state index contributed by atoms with van der Waals surface area (Å²) in [5.74, 6) is -0.228. The van der Waals surface area contributed by atoms with Crippen LogP contribution in [0, 0.1) is 17.0 Å². The predicted octanol–water partition coefficient (Wildman–Crippen LogP) is 6.23. The van der Waals surface area contributed by atoms with Gasteiger partial charge in [-0.1, -0.05) is 78.6 Å². The maximum absolute atomic E-state index is 13.3. The lowest BCUT2D eigenvalue weighted by atomic mass is 10.1. The van der Waals surface area contributed by atoms with Crippen LogP contribution < -0.4 is 9.08 Å². The monoisotopic (exact) mass is 562 g/mol. The van der Waals surface area contributed by atoms with Gasteiger partial charge in [-0.15, -0.1) is 0 Å². The normalized spacial score (nSPS) is 14.9. The van der Waals surface area contributed by atoms with Crippen molar-refractivity contribution >= 4 is 72.5 Å². The van der Waals surface area contributed by atoms with E-state index >= 15 is 0 Å². The van der Waals surface area contributed by atoms with Crippen LogP contribution in [0.3, 0.4) is 0 Å². The van der Waals surface area contributed by atoms with Crippen LogP contribution in [0.2, 0.25) is 0 Å². The Kier molecular flexibility index (Phi) is 6.74. The molecule has 0 aliphatic carbocycles. The number of benzene rings is 4. The largest absolute Gasteiger partial charge is 0.379 e. The fourth-order valence-electron chi connectivity index (χ4n) is 3.97. The van der Waals surface area contributed by atoms with Crippen molar-refractivity contribution in [2.45, 2.75) is 11.8 Å². The Morgan fingerprint density at radius 2 is 1.71 bits per heavy atom. The first-order valence-corrected chi connectivity index (χ1v) is 13.8. The van der Waals surface area contributed by atoms with Crippen LogP contribution in [0.4, 0.5) is 11.4 Å². The fraction of sp³-hybridized carbons (Fsp3) is 0.0370. The van der Waals surface area contributed by atoms with E-state index < -0.39 is 15.0 Å². The zero-order valence-corrected chi connectivity index (χ0v) is 22.2. The summed E-state index contributed by atoms with van der Waals surface area (Å²) in [6, 6.07) is 23.1. The molecule has 0 saturated carbocycles. The maximum Gasteiger partial charge on any atom is 0.339 e. The van der Waals surface area contributed by atoms with Crippen LogP contribution in [0.5, 0.6) is 5.75 Å². The van der Waals surface area contributed by atoms with Crippen LogP contribution >= 0.6 is 24.0 Å². The summed E-state index contributed by atoms with van der Waals surface area (Å²) in [4.78, 5) is 25.4. The Hall–Kier alpha value is -4.06. The summed E-state index contributed by atoms with van der Waals surface area (Å²) in [5.41, 5.74) is 1.37. The molecule has 190 valence electrons. The summed E-state index contributed by atoms with van der Waals surface area (Å²) in [7, 11) is -4.30. The zero-order chi connectivity index (χ0) is 27.0. The van der Waals surface area contributed by atoms with Gasteiger partial charge < -0.3 is 4.18 Å². The Morgan fingerprint density at radius 3 is 2.45 bits per heavy atom. The summed E-state index contributed by atoms with van der Waals surface area (Å²) in [6.07, 6.45) is 1.67. The number of nitro benzene ring substituents is 1. The highest BCUT2D eigenvalue weighted by molar-refractivity contribution is 8.27. The minimum absolute atomic E-state index is 0.0219. The number of nitrogens with zero attached hydrogens (tertiary/aromatic N) is 2. The Bertz CT molecular complexity index is 1760. The topological polar surface area (TPSA) is 107 Å². The molecular formula is C27H18N2O6S3. The van der Waals surface area contributed by atoms with E-state index in [9.17, 15) is 23.3 Å². The molecule has 1 saturated heterocycles. The molecule has 0 atom stereocenters. The van der Waals surface area contributed by atoms with Crippen molar-refractivity contribution in [2.24, 2.45) is 0 Å². The number of anilines is 1. The van der Waals surface area contributed by atoms with Gasteiger partial charge in [0.1, 0.15) is 10.6 Å². The van der Waals surface area contributed by atoms with Gasteiger partial charge in [-0.05, 0) is 48.2 Å². The number of aryl methyl sites for hydroxylation is 1. The van der Waals surface area contributed by atoms with Crippen molar-refractivity contribution in [2.75, 3.05) is 4.90 Å². The number of carbonyl (C=O) groups excluding carboxylic acids is 1. The molecule has 1 amide bonds. The van der Waals surface area contributed by atoms with Crippen molar-refractivity contribution in [3.63, 3.8) is 0 Å². The third-order valence-electron chi connectivity index (χ3n) is 5.85. The molecule has 0 N–H and O–H groups in total. The lowest BCUT2D eigenvalue weighted by Gasteiger charge is -2.17. The van der Waals surface area contributed by atoms with Gasteiger partial charge in [0, 0.05) is 17.0 Å². The summed E-state index contributed by atoms with van der Waals surface area (Å²) in [5, 5.41) is 13.1. The Morgan fingerprint density at radius 1 is 1.00 bits per heavy atom. The van der Waals surface area contributed by atoms with E-state index in [2.05, 4.69) is 0 Å². The molecule has 5 rings (SSSR count). The molecule has 0 radical (unpaired) electrons. The molecule has 0 unspecified atom stereocenters. The second-order valence-electron chi connectivity index (χ2n) is 8.33. The molecule has 4 aromatic carbocycles. The number of thioether (sulfide) groups is 1. The molecule has 0 spiro atoms. The van der Waals surface area contributed by atoms with Gasteiger partial charge in [-0.2, -0.15) is 8.42 Å². The third-order valence-corrected chi connectivity index (χ3v) is 8.40. The van der Waals surface area contributed by atoms with Gasteiger partial charge in [-0.3, -0.25) is 19.8 Å². The van der Waals surface area contributed by atoms with E-state index in [1.54, 1.807) is 18.2 Å².